The number of rotatable bonds is 5. The van der Waals surface area contributed by atoms with Crippen LogP contribution in [0.2, 0.25) is 0 Å². The van der Waals surface area contributed by atoms with Gasteiger partial charge in [0.25, 0.3) is 5.84 Å². The zero-order valence-corrected chi connectivity index (χ0v) is 14.1. The van der Waals surface area contributed by atoms with Gasteiger partial charge in [0.1, 0.15) is 0 Å². The van der Waals surface area contributed by atoms with Gasteiger partial charge in [-0.25, -0.2) is 4.99 Å². The van der Waals surface area contributed by atoms with E-state index in [2.05, 4.69) is 17.1 Å². The van der Waals surface area contributed by atoms with Crippen LogP contribution in [0.5, 0.6) is 0 Å². The first-order valence-corrected chi connectivity index (χ1v) is 8.07. The van der Waals surface area contributed by atoms with Crippen LogP contribution in [-0.4, -0.2) is 25.0 Å². The minimum Gasteiger partial charge on any atom is -0.314 e. The molecule has 0 aromatic heterocycles. The van der Waals surface area contributed by atoms with Crippen molar-refractivity contribution in [2.24, 2.45) is 16.6 Å². The highest BCUT2D eigenvalue weighted by atomic mass is 16.7. The van der Waals surface area contributed by atoms with Crippen molar-refractivity contribution < 1.29 is 14.5 Å². The molecule has 1 aromatic rings. The standard InChI is InChI=1S/C18H20N4O2/c1-4-23-18(24-5-2)17(11-20)14(13-8-6-12(3)7-9-13)16(17,10-19)15(21)22-18/h6-9,14H,4-5H2,1-3H3,(H2,21,22)/p+1/t14-,16+,17+/m0/s1. The summed E-state index contributed by atoms with van der Waals surface area (Å²) in [6, 6.07) is 12.4. The van der Waals surface area contributed by atoms with Crippen LogP contribution in [0.25, 0.3) is 0 Å². The quantitative estimate of drug-likeness (QED) is 0.757. The highest BCUT2D eigenvalue weighted by molar-refractivity contribution is 5.95. The Morgan fingerprint density at radius 3 is 2.17 bits per heavy atom. The van der Waals surface area contributed by atoms with Gasteiger partial charge in [-0.15, -0.1) is 0 Å². The van der Waals surface area contributed by atoms with Crippen LogP contribution in [0.15, 0.2) is 24.3 Å². The van der Waals surface area contributed by atoms with E-state index < -0.39 is 22.7 Å². The molecule has 124 valence electrons. The van der Waals surface area contributed by atoms with E-state index in [9.17, 15) is 10.5 Å². The number of ether oxygens (including phenoxy) is 2. The monoisotopic (exact) mass is 325 g/mol. The molecule has 1 aliphatic carbocycles. The first-order valence-electron chi connectivity index (χ1n) is 8.07. The highest BCUT2D eigenvalue weighted by Gasteiger charge is 2.97. The highest BCUT2D eigenvalue weighted by Crippen LogP contribution is 2.78. The van der Waals surface area contributed by atoms with Crippen LogP contribution in [0.3, 0.4) is 0 Å². The van der Waals surface area contributed by atoms with E-state index in [0.717, 1.165) is 11.1 Å². The van der Waals surface area contributed by atoms with Gasteiger partial charge >= 0.3 is 5.91 Å². The molecule has 3 N–H and O–H groups in total. The summed E-state index contributed by atoms with van der Waals surface area (Å²) in [5, 5.41) is 20.0. The maximum Gasteiger partial charge on any atom is 0.343 e. The number of nitriles is 2. The molecular weight excluding hydrogens is 304 g/mol. The minimum atomic E-state index is -1.42. The second-order valence-electron chi connectivity index (χ2n) is 6.20. The molecule has 2 aliphatic rings. The topological polar surface area (TPSA) is 106 Å². The molecular formula is C18H21N4O2+. The molecule has 3 rings (SSSR count). The van der Waals surface area contributed by atoms with Crippen molar-refractivity contribution in [3.05, 3.63) is 35.4 Å². The van der Waals surface area contributed by atoms with Gasteiger partial charge in [-0.05, 0) is 26.3 Å². The largest absolute Gasteiger partial charge is 0.343 e. The van der Waals surface area contributed by atoms with Crippen molar-refractivity contribution in [3.8, 4) is 12.1 Å². The van der Waals surface area contributed by atoms with Crippen LogP contribution >= 0.6 is 0 Å². The Kier molecular flexibility index (Phi) is 3.64. The van der Waals surface area contributed by atoms with Gasteiger partial charge < -0.3 is 9.47 Å². The van der Waals surface area contributed by atoms with Gasteiger partial charge in [0, 0.05) is 5.92 Å². The fourth-order valence-electron chi connectivity index (χ4n) is 4.11. The van der Waals surface area contributed by atoms with Crippen molar-refractivity contribution in [2.75, 3.05) is 13.2 Å². The average Bonchev–Trinajstić information content (AvgIpc) is 3.15. The summed E-state index contributed by atoms with van der Waals surface area (Å²) in [5.41, 5.74) is 5.80. The van der Waals surface area contributed by atoms with E-state index in [0.29, 0.717) is 13.2 Å². The summed E-state index contributed by atoms with van der Waals surface area (Å²) >= 11 is 0. The van der Waals surface area contributed by atoms with Gasteiger partial charge in [0.05, 0.1) is 25.4 Å². The smallest absolute Gasteiger partial charge is 0.314 e. The van der Waals surface area contributed by atoms with Crippen molar-refractivity contribution in [1.82, 2.24) is 0 Å². The van der Waals surface area contributed by atoms with Crippen molar-refractivity contribution in [1.29, 1.82) is 10.5 Å². The van der Waals surface area contributed by atoms with Gasteiger partial charge in [-0.3, -0.25) is 5.73 Å². The Morgan fingerprint density at radius 2 is 1.71 bits per heavy atom. The zero-order chi connectivity index (χ0) is 17.6. The van der Waals surface area contributed by atoms with Gasteiger partial charge in [-0.2, -0.15) is 10.5 Å². The maximum atomic E-state index is 10.1. The lowest BCUT2D eigenvalue weighted by molar-refractivity contribution is -0.693. The molecule has 1 fully saturated rings. The van der Waals surface area contributed by atoms with Crippen LogP contribution in [0, 0.1) is 40.4 Å². The summed E-state index contributed by atoms with van der Waals surface area (Å²) in [5.74, 6) is -1.58. The Balaban J connectivity index is 2.21. The Labute approximate surface area is 141 Å². The summed E-state index contributed by atoms with van der Waals surface area (Å²) in [7, 11) is 0. The van der Waals surface area contributed by atoms with E-state index in [1.807, 2.05) is 45.0 Å². The lowest BCUT2D eigenvalue weighted by Crippen LogP contribution is -2.91. The van der Waals surface area contributed by atoms with Crippen molar-refractivity contribution >= 4 is 5.84 Å². The second-order valence-corrected chi connectivity index (χ2v) is 6.20. The minimum absolute atomic E-state index is 0.235. The molecule has 6 nitrogen and oxygen atoms in total. The molecule has 1 saturated carbocycles. The van der Waals surface area contributed by atoms with E-state index in [-0.39, 0.29) is 5.84 Å². The fraction of sp³-hybridized carbons (Fsp3) is 0.500. The third-order valence-corrected chi connectivity index (χ3v) is 5.11. The van der Waals surface area contributed by atoms with Gasteiger partial charge in [-0.1, -0.05) is 29.8 Å². The summed E-state index contributed by atoms with van der Waals surface area (Å²) in [4.78, 5) is 2.97. The molecule has 3 atom stereocenters. The Morgan fingerprint density at radius 1 is 1.12 bits per heavy atom. The average molecular weight is 325 g/mol. The normalized spacial score (nSPS) is 32.4. The van der Waals surface area contributed by atoms with E-state index in [4.69, 9.17) is 15.2 Å². The van der Waals surface area contributed by atoms with E-state index in [1.165, 1.54) is 0 Å². The number of nitrogens with one attached hydrogen (secondary N) is 1. The number of nitrogens with two attached hydrogens (primary N) is 1. The van der Waals surface area contributed by atoms with Gasteiger partial charge in [0.2, 0.25) is 0 Å². The molecule has 0 saturated heterocycles. The lowest BCUT2D eigenvalue weighted by Gasteiger charge is -2.29. The second kappa shape index (κ2) is 5.31. The van der Waals surface area contributed by atoms with Crippen molar-refractivity contribution in [2.45, 2.75) is 32.6 Å². The summed E-state index contributed by atoms with van der Waals surface area (Å²) in [6.45, 7) is 6.28. The van der Waals surface area contributed by atoms with Crippen LogP contribution < -0.4 is 10.7 Å². The van der Waals surface area contributed by atoms with Crippen molar-refractivity contribution in [3.63, 3.8) is 0 Å². The number of hydrogen-bond acceptors (Lipinski definition) is 5. The molecule has 24 heavy (non-hydrogen) atoms. The predicted octanol–water partition coefficient (Wildman–Crippen LogP) is 0.290. The molecule has 1 aliphatic heterocycles. The third-order valence-electron chi connectivity index (χ3n) is 5.11. The summed E-state index contributed by atoms with van der Waals surface area (Å²) < 4.78 is 11.7. The van der Waals surface area contributed by atoms with Crippen LogP contribution in [0.4, 0.5) is 0 Å². The SMILES string of the molecule is CCOC1(OCC)[NH+]=C(N)[C@@]2(C#N)[C@H](c3ccc(C)cc3)[C@@]12C#N. The first-order chi connectivity index (χ1) is 11.5. The zero-order valence-electron chi connectivity index (χ0n) is 14.1. The van der Waals surface area contributed by atoms with Crippen LogP contribution in [0.1, 0.15) is 30.9 Å². The predicted molar refractivity (Wildman–Crippen MR) is 86.2 cm³/mol. The number of amidine groups is 1. The molecule has 6 heteroatoms. The number of nitrogens with zero attached hydrogens (tertiary/aromatic N) is 2. The Bertz CT molecular complexity index is 768. The Hall–Kier alpha value is -2.41. The fourth-order valence-corrected chi connectivity index (χ4v) is 4.11. The van der Waals surface area contributed by atoms with Crippen LogP contribution in [-0.2, 0) is 9.47 Å². The third kappa shape index (κ3) is 1.62. The number of benzene rings is 1. The number of hydrogen-bond donors (Lipinski definition) is 2. The molecule has 0 unspecified atom stereocenters. The molecule has 0 bridgehead atoms. The lowest BCUT2D eigenvalue weighted by atomic mass is 9.93. The molecule has 0 amide bonds. The molecule has 1 aromatic carbocycles. The number of fused-ring (bicyclic) bond motifs is 1. The maximum absolute atomic E-state index is 10.1. The molecule has 1 heterocycles. The summed E-state index contributed by atoms with van der Waals surface area (Å²) in [6.07, 6.45) is 0. The molecule has 0 spiro atoms. The van der Waals surface area contributed by atoms with Gasteiger partial charge in [0.15, 0.2) is 10.8 Å². The van der Waals surface area contributed by atoms with E-state index >= 15 is 0 Å². The molecule has 0 radical (unpaired) electrons. The first kappa shape index (κ1) is 16.4. The number of aryl methyl sites for hydroxylation is 1. The van der Waals surface area contributed by atoms with E-state index in [1.54, 1.807) is 0 Å².